The van der Waals surface area contributed by atoms with Gasteiger partial charge in [-0.3, -0.25) is 0 Å². The van der Waals surface area contributed by atoms with Crippen LogP contribution in [0, 0.1) is 22.7 Å². The summed E-state index contributed by atoms with van der Waals surface area (Å²) in [7, 11) is 0. The number of benzene rings is 1. The van der Waals surface area contributed by atoms with Gasteiger partial charge in [0.15, 0.2) is 0 Å². The maximum atomic E-state index is 9.32. The lowest BCUT2D eigenvalue weighted by molar-refractivity contribution is 0.137. The molecule has 4 nitrogen and oxygen atoms in total. The summed E-state index contributed by atoms with van der Waals surface area (Å²) in [4.78, 5) is 5.36. The molecule has 0 radical (unpaired) electrons. The molecule has 0 aliphatic carbocycles. The molecule has 20 heavy (non-hydrogen) atoms. The van der Waals surface area contributed by atoms with Gasteiger partial charge in [-0.25, -0.2) is 0 Å². The largest absolute Gasteiger partial charge is 0.397 e. The van der Waals surface area contributed by atoms with Gasteiger partial charge in [0, 0.05) is 10.6 Å². The summed E-state index contributed by atoms with van der Waals surface area (Å²) in [5.74, 6) is 0. The van der Waals surface area contributed by atoms with Gasteiger partial charge in [0.05, 0.1) is 10.0 Å². The molecule has 0 N–H and O–H groups in total. The average molecular weight is 415 g/mol. The molecule has 0 aliphatic heterocycles. The predicted molar refractivity (Wildman–Crippen MR) is 82.1 cm³/mol. The van der Waals surface area contributed by atoms with E-state index in [0.29, 0.717) is 25.4 Å². The number of nitrogens with zero attached hydrogens (tertiary/aromatic N) is 3. The molecule has 0 aliphatic rings. The van der Waals surface area contributed by atoms with Gasteiger partial charge in [-0.15, -0.1) is 0 Å². The normalized spacial score (nSPS) is 9.85. The molecular formula is C13H6Br2ClN3O. The average Bonchev–Trinajstić information content (AvgIpc) is 2.69. The first-order valence-electron chi connectivity index (χ1n) is 5.36. The van der Waals surface area contributed by atoms with Gasteiger partial charge in [-0.2, -0.15) is 15.3 Å². The zero-order valence-corrected chi connectivity index (χ0v) is 13.8. The standard InChI is InChI=1S/C13H6Br2ClN3O/c14-11-10(7-18)12(8-1-3-9(16)4-2-8)19(13(11)15)20-6-5-17/h1-4H,6H2. The molecule has 2 aromatic rings. The highest BCUT2D eigenvalue weighted by Gasteiger charge is 2.22. The second-order valence-electron chi connectivity index (χ2n) is 3.67. The third kappa shape index (κ3) is 2.69. The van der Waals surface area contributed by atoms with Gasteiger partial charge in [0.1, 0.15) is 22.4 Å². The molecule has 1 aromatic carbocycles. The number of nitriles is 2. The molecule has 0 spiro atoms. The van der Waals surface area contributed by atoms with E-state index in [1.54, 1.807) is 24.3 Å². The number of aromatic nitrogens is 1. The minimum absolute atomic E-state index is 0.134. The second-order valence-corrected chi connectivity index (χ2v) is 5.65. The van der Waals surface area contributed by atoms with Crippen LogP contribution in [0.2, 0.25) is 5.02 Å². The first-order chi connectivity index (χ1) is 9.60. The zero-order chi connectivity index (χ0) is 14.7. The third-order valence-electron chi connectivity index (χ3n) is 2.51. The Kier molecular flexibility index (Phi) is 4.72. The summed E-state index contributed by atoms with van der Waals surface area (Å²) in [5, 5.41) is 18.6. The van der Waals surface area contributed by atoms with Crippen molar-refractivity contribution >= 4 is 43.5 Å². The lowest BCUT2D eigenvalue weighted by Crippen LogP contribution is -2.13. The lowest BCUT2D eigenvalue weighted by Gasteiger charge is -2.10. The Labute approximate surface area is 137 Å². The van der Waals surface area contributed by atoms with Crippen LogP contribution in [0.4, 0.5) is 0 Å². The quantitative estimate of drug-likeness (QED) is 0.756. The Morgan fingerprint density at radius 3 is 2.40 bits per heavy atom. The van der Waals surface area contributed by atoms with Crippen LogP contribution >= 0.6 is 43.5 Å². The van der Waals surface area contributed by atoms with Gasteiger partial charge in [0.25, 0.3) is 0 Å². The SMILES string of the molecule is N#CCOn1c(Br)c(Br)c(C#N)c1-c1ccc(Cl)cc1. The summed E-state index contributed by atoms with van der Waals surface area (Å²) in [6.45, 7) is -0.134. The topological polar surface area (TPSA) is 61.7 Å². The van der Waals surface area contributed by atoms with E-state index in [1.807, 2.05) is 6.07 Å². The van der Waals surface area contributed by atoms with E-state index in [2.05, 4.69) is 37.9 Å². The molecule has 7 heteroatoms. The monoisotopic (exact) mass is 413 g/mol. The summed E-state index contributed by atoms with van der Waals surface area (Å²) in [6.07, 6.45) is 0. The van der Waals surface area contributed by atoms with Crippen LogP contribution in [-0.4, -0.2) is 11.3 Å². The van der Waals surface area contributed by atoms with Crippen molar-refractivity contribution in [2.75, 3.05) is 6.61 Å². The van der Waals surface area contributed by atoms with Gasteiger partial charge < -0.3 is 4.84 Å². The number of rotatable bonds is 3. The highest BCUT2D eigenvalue weighted by Crippen LogP contribution is 2.37. The van der Waals surface area contributed by atoms with Crippen LogP contribution in [-0.2, 0) is 0 Å². The maximum Gasteiger partial charge on any atom is 0.200 e. The first-order valence-corrected chi connectivity index (χ1v) is 7.32. The van der Waals surface area contributed by atoms with Crippen molar-refractivity contribution in [2.24, 2.45) is 0 Å². The molecule has 0 amide bonds. The van der Waals surface area contributed by atoms with Crippen molar-refractivity contribution < 1.29 is 4.84 Å². The third-order valence-corrected chi connectivity index (χ3v) is 4.78. The zero-order valence-electron chi connectivity index (χ0n) is 9.90. The molecule has 0 unspecified atom stereocenters. The summed E-state index contributed by atoms with van der Waals surface area (Å²) in [6, 6.07) is 11.0. The molecule has 2 rings (SSSR count). The lowest BCUT2D eigenvalue weighted by atomic mass is 10.1. The van der Waals surface area contributed by atoms with E-state index in [4.69, 9.17) is 21.7 Å². The Morgan fingerprint density at radius 2 is 1.85 bits per heavy atom. The fourth-order valence-electron chi connectivity index (χ4n) is 1.68. The van der Waals surface area contributed by atoms with Crippen LogP contribution in [0.25, 0.3) is 11.3 Å². The summed E-state index contributed by atoms with van der Waals surface area (Å²) < 4.78 is 2.52. The molecule has 0 fully saturated rings. The number of halogens is 3. The number of hydrogen-bond acceptors (Lipinski definition) is 3. The molecule has 100 valence electrons. The van der Waals surface area contributed by atoms with E-state index in [0.717, 1.165) is 5.56 Å². The van der Waals surface area contributed by atoms with Crippen molar-refractivity contribution in [1.82, 2.24) is 4.73 Å². The Morgan fingerprint density at radius 1 is 1.20 bits per heavy atom. The second kappa shape index (κ2) is 6.32. The van der Waals surface area contributed by atoms with Crippen molar-refractivity contribution in [3.05, 3.63) is 43.9 Å². The van der Waals surface area contributed by atoms with E-state index < -0.39 is 0 Å². The van der Waals surface area contributed by atoms with Crippen LogP contribution < -0.4 is 4.84 Å². The first kappa shape index (κ1) is 14.9. The number of hydrogen-bond donors (Lipinski definition) is 0. The molecular weight excluding hydrogens is 409 g/mol. The van der Waals surface area contributed by atoms with Crippen LogP contribution in [0.1, 0.15) is 5.56 Å². The fourth-order valence-corrected chi connectivity index (χ4v) is 2.72. The van der Waals surface area contributed by atoms with Gasteiger partial charge in [-0.1, -0.05) is 23.7 Å². The van der Waals surface area contributed by atoms with Crippen molar-refractivity contribution in [3.63, 3.8) is 0 Å². The van der Waals surface area contributed by atoms with Crippen molar-refractivity contribution in [1.29, 1.82) is 10.5 Å². The van der Waals surface area contributed by atoms with Crippen LogP contribution in [0.15, 0.2) is 33.3 Å². The Balaban J connectivity index is 2.66. The summed E-state index contributed by atoms with van der Waals surface area (Å²) >= 11 is 12.5. The van der Waals surface area contributed by atoms with Crippen molar-refractivity contribution in [3.8, 4) is 23.4 Å². The smallest absolute Gasteiger partial charge is 0.200 e. The molecule has 0 atom stereocenters. The molecule has 0 saturated heterocycles. The predicted octanol–water partition coefficient (Wildman–Crippen LogP) is 4.16. The van der Waals surface area contributed by atoms with Gasteiger partial charge >= 0.3 is 0 Å². The minimum atomic E-state index is -0.134. The highest BCUT2D eigenvalue weighted by molar-refractivity contribution is 9.13. The molecule has 1 heterocycles. The fraction of sp³-hybridized carbons (Fsp3) is 0.0769. The van der Waals surface area contributed by atoms with Crippen LogP contribution in [0.5, 0.6) is 0 Å². The molecule has 1 aromatic heterocycles. The Bertz CT molecular complexity index is 726. The minimum Gasteiger partial charge on any atom is -0.397 e. The summed E-state index contributed by atoms with van der Waals surface area (Å²) in [5.41, 5.74) is 1.73. The van der Waals surface area contributed by atoms with E-state index >= 15 is 0 Å². The van der Waals surface area contributed by atoms with Gasteiger partial charge in [-0.05, 0) is 44.0 Å². The van der Waals surface area contributed by atoms with E-state index in [1.165, 1.54) is 4.73 Å². The van der Waals surface area contributed by atoms with E-state index in [9.17, 15) is 5.26 Å². The molecule has 0 saturated carbocycles. The van der Waals surface area contributed by atoms with Gasteiger partial charge in [0.2, 0.25) is 6.61 Å². The molecule has 0 bridgehead atoms. The van der Waals surface area contributed by atoms with Crippen molar-refractivity contribution in [2.45, 2.75) is 0 Å². The maximum absolute atomic E-state index is 9.32. The Hall–Kier alpha value is -1.47. The highest BCUT2D eigenvalue weighted by atomic mass is 79.9. The van der Waals surface area contributed by atoms with Crippen LogP contribution in [0.3, 0.4) is 0 Å². The van der Waals surface area contributed by atoms with E-state index in [-0.39, 0.29) is 6.61 Å².